The number of para-hydroxylation sites is 1. The Balaban J connectivity index is 1.50. The van der Waals surface area contributed by atoms with Crippen LogP contribution in [0.4, 0.5) is 18.9 Å². The molecule has 34 heavy (non-hydrogen) atoms. The lowest BCUT2D eigenvalue weighted by Gasteiger charge is -2.13. The van der Waals surface area contributed by atoms with Gasteiger partial charge in [0.2, 0.25) is 0 Å². The fourth-order valence-corrected chi connectivity index (χ4v) is 3.17. The molecule has 1 aliphatic heterocycles. The van der Waals surface area contributed by atoms with Gasteiger partial charge < -0.3 is 24.8 Å². The SMILES string of the molecule is O=C(COC(=O)c1ccccc1OCC(=O)Nc1cccc(C(F)(F)F)c1)NC[C@@H]1CCCO1. The third kappa shape index (κ3) is 7.48. The summed E-state index contributed by atoms with van der Waals surface area (Å²) in [7, 11) is 0. The minimum Gasteiger partial charge on any atom is -0.483 e. The summed E-state index contributed by atoms with van der Waals surface area (Å²) >= 11 is 0. The fraction of sp³-hybridized carbons (Fsp3) is 0.348. The molecule has 8 nitrogen and oxygen atoms in total. The first-order valence-electron chi connectivity index (χ1n) is 10.5. The molecule has 182 valence electrons. The average molecular weight is 480 g/mol. The normalized spacial score (nSPS) is 15.4. The van der Waals surface area contributed by atoms with Crippen molar-refractivity contribution in [2.75, 3.05) is 31.7 Å². The van der Waals surface area contributed by atoms with E-state index in [4.69, 9.17) is 14.2 Å². The highest BCUT2D eigenvalue weighted by Gasteiger charge is 2.30. The lowest BCUT2D eigenvalue weighted by Crippen LogP contribution is -2.34. The number of amides is 2. The molecule has 1 atom stereocenters. The molecular weight excluding hydrogens is 457 g/mol. The maximum Gasteiger partial charge on any atom is 0.416 e. The minimum absolute atomic E-state index is 0.0127. The number of carbonyl (C=O) groups excluding carboxylic acids is 3. The van der Waals surface area contributed by atoms with Gasteiger partial charge in [0.15, 0.2) is 13.2 Å². The summed E-state index contributed by atoms with van der Waals surface area (Å²) in [4.78, 5) is 36.4. The van der Waals surface area contributed by atoms with Gasteiger partial charge in [-0.1, -0.05) is 18.2 Å². The van der Waals surface area contributed by atoms with Gasteiger partial charge in [0.1, 0.15) is 11.3 Å². The quantitative estimate of drug-likeness (QED) is 0.535. The zero-order valence-electron chi connectivity index (χ0n) is 18.0. The Hall–Kier alpha value is -3.60. The zero-order valence-corrected chi connectivity index (χ0v) is 18.0. The molecule has 1 fully saturated rings. The Kier molecular flexibility index (Phi) is 8.47. The number of rotatable bonds is 9. The van der Waals surface area contributed by atoms with E-state index in [9.17, 15) is 27.6 Å². The Morgan fingerprint density at radius 2 is 1.82 bits per heavy atom. The first-order chi connectivity index (χ1) is 16.2. The van der Waals surface area contributed by atoms with E-state index in [0.717, 1.165) is 25.0 Å². The molecule has 1 heterocycles. The molecule has 2 aromatic rings. The second-order valence-electron chi connectivity index (χ2n) is 7.43. The van der Waals surface area contributed by atoms with Gasteiger partial charge in [-0.3, -0.25) is 9.59 Å². The van der Waals surface area contributed by atoms with E-state index in [2.05, 4.69) is 10.6 Å². The molecular formula is C23H23F3N2O6. The second kappa shape index (κ2) is 11.5. The molecule has 0 saturated carbocycles. The fourth-order valence-electron chi connectivity index (χ4n) is 3.17. The Bertz CT molecular complexity index is 1020. The van der Waals surface area contributed by atoms with Crippen LogP contribution in [0.1, 0.15) is 28.8 Å². The van der Waals surface area contributed by atoms with Gasteiger partial charge in [0.05, 0.1) is 11.7 Å². The first kappa shape index (κ1) is 25.0. The number of alkyl halides is 3. The highest BCUT2D eigenvalue weighted by molar-refractivity contribution is 5.95. The topological polar surface area (TPSA) is 103 Å². The summed E-state index contributed by atoms with van der Waals surface area (Å²) in [5.74, 6) is -2.02. The second-order valence-corrected chi connectivity index (χ2v) is 7.43. The van der Waals surface area contributed by atoms with Gasteiger partial charge in [-0.15, -0.1) is 0 Å². The number of nitrogens with one attached hydrogen (secondary N) is 2. The van der Waals surface area contributed by atoms with Crippen molar-refractivity contribution in [1.29, 1.82) is 0 Å². The van der Waals surface area contributed by atoms with E-state index in [1.54, 1.807) is 12.1 Å². The van der Waals surface area contributed by atoms with Crippen molar-refractivity contribution in [3.63, 3.8) is 0 Å². The molecule has 0 aliphatic carbocycles. The highest BCUT2D eigenvalue weighted by Crippen LogP contribution is 2.30. The lowest BCUT2D eigenvalue weighted by molar-refractivity contribution is -0.137. The van der Waals surface area contributed by atoms with Gasteiger partial charge in [0.25, 0.3) is 11.8 Å². The van der Waals surface area contributed by atoms with Crippen LogP contribution >= 0.6 is 0 Å². The number of benzene rings is 2. The Labute approximate surface area is 193 Å². The minimum atomic E-state index is -4.54. The van der Waals surface area contributed by atoms with Crippen molar-refractivity contribution in [2.45, 2.75) is 25.1 Å². The van der Waals surface area contributed by atoms with Crippen molar-refractivity contribution in [2.24, 2.45) is 0 Å². The number of carbonyl (C=O) groups is 3. The van der Waals surface area contributed by atoms with E-state index in [1.807, 2.05) is 0 Å². The molecule has 11 heteroatoms. The molecule has 1 aliphatic rings. The van der Waals surface area contributed by atoms with Gasteiger partial charge in [-0.05, 0) is 43.2 Å². The summed E-state index contributed by atoms with van der Waals surface area (Å²) in [5.41, 5.74) is -0.967. The molecule has 2 aromatic carbocycles. The summed E-state index contributed by atoms with van der Waals surface area (Å²) < 4.78 is 54.2. The van der Waals surface area contributed by atoms with Crippen LogP contribution in [0, 0.1) is 0 Å². The molecule has 1 saturated heterocycles. The summed E-state index contributed by atoms with van der Waals surface area (Å²) in [6.07, 6.45) is -2.80. The van der Waals surface area contributed by atoms with Crippen molar-refractivity contribution >= 4 is 23.5 Å². The molecule has 2 amide bonds. The molecule has 0 spiro atoms. The van der Waals surface area contributed by atoms with Crippen LogP contribution in [-0.4, -0.2) is 50.3 Å². The predicted octanol–water partition coefficient (Wildman–Crippen LogP) is 3.17. The molecule has 2 N–H and O–H groups in total. The van der Waals surface area contributed by atoms with E-state index in [0.29, 0.717) is 13.2 Å². The van der Waals surface area contributed by atoms with Gasteiger partial charge in [0, 0.05) is 18.8 Å². The zero-order chi connectivity index (χ0) is 24.6. The molecule has 0 unspecified atom stereocenters. The highest BCUT2D eigenvalue weighted by atomic mass is 19.4. The maximum atomic E-state index is 12.8. The van der Waals surface area contributed by atoms with Crippen molar-refractivity contribution in [3.05, 3.63) is 59.7 Å². The molecule has 0 radical (unpaired) electrons. The third-order valence-electron chi connectivity index (χ3n) is 4.82. The number of hydrogen-bond donors (Lipinski definition) is 2. The van der Waals surface area contributed by atoms with Crippen LogP contribution in [0.2, 0.25) is 0 Å². The monoisotopic (exact) mass is 480 g/mol. The number of hydrogen-bond acceptors (Lipinski definition) is 6. The Morgan fingerprint density at radius 3 is 2.56 bits per heavy atom. The number of esters is 1. The van der Waals surface area contributed by atoms with Crippen molar-refractivity contribution < 1.29 is 41.8 Å². The van der Waals surface area contributed by atoms with E-state index >= 15 is 0 Å². The lowest BCUT2D eigenvalue weighted by atomic mass is 10.2. The van der Waals surface area contributed by atoms with Crippen LogP contribution in [0.5, 0.6) is 5.75 Å². The molecule has 0 bridgehead atoms. The standard InChI is InChI=1S/C23H23F3N2O6/c24-23(25,26)15-5-3-6-16(11-15)28-21(30)14-33-19-9-2-1-8-18(19)22(31)34-13-20(29)27-12-17-7-4-10-32-17/h1-3,5-6,8-9,11,17H,4,7,10,12-14H2,(H,27,29)(H,28,30)/t17-/m0/s1. The van der Waals surface area contributed by atoms with Gasteiger partial charge in [-0.25, -0.2) is 4.79 Å². The third-order valence-corrected chi connectivity index (χ3v) is 4.82. The number of ether oxygens (including phenoxy) is 3. The van der Waals surface area contributed by atoms with Crippen LogP contribution < -0.4 is 15.4 Å². The summed E-state index contributed by atoms with van der Waals surface area (Å²) in [6, 6.07) is 10.1. The first-order valence-corrected chi connectivity index (χ1v) is 10.5. The van der Waals surface area contributed by atoms with Crippen molar-refractivity contribution in [3.8, 4) is 5.75 Å². The van der Waals surface area contributed by atoms with Crippen LogP contribution in [0.15, 0.2) is 48.5 Å². The number of anilines is 1. The van der Waals surface area contributed by atoms with E-state index in [-0.39, 0.29) is 23.1 Å². The van der Waals surface area contributed by atoms with Crippen LogP contribution in [0.25, 0.3) is 0 Å². The smallest absolute Gasteiger partial charge is 0.416 e. The molecule has 3 rings (SSSR count). The summed E-state index contributed by atoms with van der Waals surface area (Å²) in [6.45, 7) is -0.0837. The van der Waals surface area contributed by atoms with Crippen LogP contribution in [-0.2, 0) is 25.2 Å². The number of halogens is 3. The summed E-state index contributed by atoms with van der Waals surface area (Å²) in [5, 5.41) is 4.93. The van der Waals surface area contributed by atoms with Gasteiger partial charge in [-0.2, -0.15) is 13.2 Å². The van der Waals surface area contributed by atoms with Gasteiger partial charge >= 0.3 is 12.1 Å². The Morgan fingerprint density at radius 1 is 1.03 bits per heavy atom. The average Bonchev–Trinajstić information content (AvgIpc) is 3.33. The van der Waals surface area contributed by atoms with E-state index in [1.165, 1.54) is 24.3 Å². The molecule has 0 aromatic heterocycles. The maximum absolute atomic E-state index is 12.8. The largest absolute Gasteiger partial charge is 0.483 e. The van der Waals surface area contributed by atoms with Crippen molar-refractivity contribution in [1.82, 2.24) is 5.32 Å². The van der Waals surface area contributed by atoms with Crippen LogP contribution in [0.3, 0.4) is 0 Å². The predicted molar refractivity (Wildman–Crippen MR) is 114 cm³/mol. The van der Waals surface area contributed by atoms with E-state index < -0.39 is 42.7 Å².